The van der Waals surface area contributed by atoms with Crippen LogP contribution in [0.25, 0.3) is 11.4 Å². The van der Waals surface area contributed by atoms with Crippen LogP contribution in [0.3, 0.4) is 0 Å². The minimum absolute atomic E-state index is 0.518. The molecule has 0 amide bonds. The van der Waals surface area contributed by atoms with E-state index in [9.17, 15) is 0 Å². The maximum absolute atomic E-state index is 4.84. The van der Waals surface area contributed by atoms with E-state index in [-0.39, 0.29) is 0 Å². The van der Waals surface area contributed by atoms with Gasteiger partial charge in [0.25, 0.3) is 0 Å². The predicted molar refractivity (Wildman–Crippen MR) is 89.1 cm³/mol. The molecule has 0 bridgehead atoms. The van der Waals surface area contributed by atoms with E-state index in [2.05, 4.69) is 36.1 Å². The third-order valence-corrected chi connectivity index (χ3v) is 4.71. The third kappa shape index (κ3) is 3.12. The zero-order valence-electron chi connectivity index (χ0n) is 13.1. The zero-order chi connectivity index (χ0) is 14.7. The van der Waals surface area contributed by atoms with Gasteiger partial charge in [0.05, 0.1) is 23.1 Å². The number of aromatic nitrogens is 2. The number of aromatic amines is 2. The summed E-state index contributed by atoms with van der Waals surface area (Å²) in [5.41, 5.74) is 6.09. The summed E-state index contributed by atoms with van der Waals surface area (Å²) in [4.78, 5) is 11.6. The first kappa shape index (κ1) is 14.2. The standard InChI is InChI=1S/C18H25N3/c1-13-14(2)18(16-10-7-11-19-16)21-17(13)12-20-15-8-5-3-4-6-9-15/h7,10-12,15,19,21H,3-6,8-9H2,1-2H3. The molecule has 1 aliphatic rings. The highest BCUT2D eigenvalue weighted by Crippen LogP contribution is 2.25. The minimum atomic E-state index is 0.518. The van der Waals surface area contributed by atoms with Gasteiger partial charge < -0.3 is 9.97 Å². The molecule has 2 aromatic rings. The van der Waals surface area contributed by atoms with Crippen molar-refractivity contribution in [3.63, 3.8) is 0 Å². The molecule has 0 radical (unpaired) electrons. The summed E-state index contributed by atoms with van der Waals surface area (Å²) in [6.45, 7) is 4.34. The molecule has 1 aliphatic carbocycles. The van der Waals surface area contributed by atoms with E-state index in [0.717, 1.165) is 11.4 Å². The van der Waals surface area contributed by atoms with Crippen LogP contribution >= 0.6 is 0 Å². The molecule has 0 aromatic carbocycles. The van der Waals surface area contributed by atoms with Crippen LogP contribution < -0.4 is 0 Å². The number of nitrogens with one attached hydrogen (secondary N) is 2. The topological polar surface area (TPSA) is 43.9 Å². The summed E-state index contributed by atoms with van der Waals surface area (Å²) in [5, 5.41) is 0. The van der Waals surface area contributed by atoms with Crippen LogP contribution in [-0.2, 0) is 0 Å². The molecule has 0 spiro atoms. The van der Waals surface area contributed by atoms with Crippen molar-refractivity contribution in [2.45, 2.75) is 58.4 Å². The molecule has 1 fully saturated rings. The lowest BCUT2D eigenvalue weighted by Gasteiger charge is -2.07. The molecule has 2 N–H and O–H groups in total. The SMILES string of the molecule is Cc1c(C=NC2CCCCCC2)[nH]c(-c2ccc[nH]2)c1C. The van der Waals surface area contributed by atoms with Gasteiger partial charge in [-0.15, -0.1) is 0 Å². The van der Waals surface area contributed by atoms with E-state index in [1.165, 1.54) is 55.3 Å². The average molecular weight is 283 g/mol. The fourth-order valence-corrected chi connectivity index (χ4v) is 3.18. The van der Waals surface area contributed by atoms with E-state index >= 15 is 0 Å². The summed E-state index contributed by atoms with van der Waals surface area (Å²) in [5.74, 6) is 0. The molecule has 0 atom stereocenters. The lowest BCUT2D eigenvalue weighted by molar-refractivity contribution is 0.588. The Balaban J connectivity index is 1.81. The van der Waals surface area contributed by atoms with Crippen LogP contribution in [0.4, 0.5) is 0 Å². The van der Waals surface area contributed by atoms with Gasteiger partial charge in [-0.3, -0.25) is 4.99 Å². The predicted octanol–water partition coefficient (Wildman–Crippen LogP) is 4.77. The molecule has 3 heteroatoms. The lowest BCUT2D eigenvalue weighted by atomic mass is 10.1. The molecule has 2 aromatic heterocycles. The van der Waals surface area contributed by atoms with Crippen molar-refractivity contribution in [2.24, 2.45) is 4.99 Å². The number of hydrogen-bond acceptors (Lipinski definition) is 1. The van der Waals surface area contributed by atoms with Crippen LogP contribution in [0, 0.1) is 13.8 Å². The molecular formula is C18H25N3. The second-order valence-corrected chi connectivity index (χ2v) is 6.17. The van der Waals surface area contributed by atoms with Crippen LogP contribution in [0.5, 0.6) is 0 Å². The summed E-state index contributed by atoms with van der Waals surface area (Å²) in [7, 11) is 0. The molecule has 0 unspecified atom stereocenters. The van der Waals surface area contributed by atoms with Gasteiger partial charge in [-0.1, -0.05) is 25.7 Å². The van der Waals surface area contributed by atoms with Crippen LogP contribution in [-0.4, -0.2) is 22.2 Å². The van der Waals surface area contributed by atoms with Crippen molar-refractivity contribution < 1.29 is 0 Å². The molecule has 3 nitrogen and oxygen atoms in total. The van der Waals surface area contributed by atoms with Gasteiger partial charge in [0, 0.05) is 12.4 Å². The Morgan fingerprint density at radius 3 is 2.52 bits per heavy atom. The second-order valence-electron chi connectivity index (χ2n) is 6.17. The largest absolute Gasteiger partial charge is 0.360 e. The summed E-state index contributed by atoms with van der Waals surface area (Å²) in [6, 6.07) is 4.65. The molecular weight excluding hydrogens is 258 g/mol. The van der Waals surface area contributed by atoms with E-state index in [1.807, 2.05) is 12.3 Å². The van der Waals surface area contributed by atoms with Crippen LogP contribution in [0.15, 0.2) is 23.3 Å². The van der Waals surface area contributed by atoms with Crippen molar-refractivity contribution >= 4 is 6.21 Å². The van der Waals surface area contributed by atoms with Crippen molar-refractivity contribution in [1.29, 1.82) is 0 Å². The quantitative estimate of drug-likeness (QED) is 0.602. The molecule has 1 saturated carbocycles. The lowest BCUT2D eigenvalue weighted by Crippen LogP contribution is -2.03. The highest BCUT2D eigenvalue weighted by atomic mass is 14.8. The second kappa shape index (κ2) is 6.33. The normalized spacial score (nSPS) is 17.4. The third-order valence-electron chi connectivity index (χ3n) is 4.71. The van der Waals surface area contributed by atoms with Gasteiger partial charge in [0.1, 0.15) is 0 Å². The Hall–Kier alpha value is -1.77. The van der Waals surface area contributed by atoms with Crippen molar-refractivity contribution in [1.82, 2.24) is 9.97 Å². The number of hydrogen-bond donors (Lipinski definition) is 2. The van der Waals surface area contributed by atoms with Crippen molar-refractivity contribution in [3.8, 4) is 11.4 Å². The van der Waals surface area contributed by atoms with Gasteiger partial charge in [0.2, 0.25) is 0 Å². The van der Waals surface area contributed by atoms with Gasteiger partial charge in [-0.05, 0) is 49.9 Å². The van der Waals surface area contributed by atoms with Crippen molar-refractivity contribution in [2.75, 3.05) is 0 Å². The molecule has 21 heavy (non-hydrogen) atoms. The van der Waals surface area contributed by atoms with Gasteiger partial charge in [0.15, 0.2) is 0 Å². The zero-order valence-corrected chi connectivity index (χ0v) is 13.1. The van der Waals surface area contributed by atoms with Crippen LogP contribution in [0.1, 0.15) is 55.3 Å². The molecule has 112 valence electrons. The Bertz CT molecular complexity index is 597. The first-order valence-electron chi connectivity index (χ1n) is 8.12. The Morgan fingerprint density at radius 2 is 1.86 bits per heavy atom. The van der Waals surface area contributed by atoms with Crippen molar-refractivity contribution in [3.05, 3.63) is 35.2 Å². The van der Waals surface area contributed by atoms with E-state index in [4.69, 9.17) is 4.99 Å². The maximum Gasteiger partial charge on any atom is 0.0656 e. The maximum atomic E-state index is 4.84. The summed E-state index contributed by atoms with van der Waals surface area (Å²) in [6.07, 6.45) is 11.9. The number of nitrogens with zero attached hydrogens (tertiary/aromatic N) is 1. The highest BCUT2D eigenvalue weighted by molar-refractivity contribution is 5.83. The summed E-state index contributed by atoms with van der Waals surface area (Å²) >= 11 is 0. The Labute approximate surface area is 126 Å². The first-order chi connectivity index (χ1) is 10.3. The molecule has 2 heterocycles. The number of aliphatic imine (C=N–C) groups is 1. The van der Waals surface area contributed by atoms with E-state index < -0.39 is 0 Å². The number of rotatable bonds is 3. The minimum Gasteiger partial charge on any atom is -0.360 e. The Kier molecular flexibility index (Phi) is 4.28. The van der Waals surface area contributed by atoms with E-state index in [0.29, 0.717) is 6.04 Å². The molecule has 0 aliphatic heterocycles. The smallest absolute Gasteiger partial charge is 0.0656 e. The monoisotopic (exact) mass is 283 g/mol. The first-order valence-corrected chi connectivity index (χ1v) is 8.12. The summed E-state index contributed by atoms with van der Waals surface area (Å²) < 4.78 is 0. The fourth-order valence-electron chi connectivity index (χ4n) is 3.18. The van der Waals surface area contributed by atoms with Gasteiger partial charge >= 0.3 is 0 Å². The Morgan fingerprint density at radius 1 is 1.10 bits per heavy atom. The highest BCUT2D eigenvalue weighted by Gasteiger charge is 2.13. The fraction of sp³-hybridized carbons (Fsp3) is 0.500. The van der Waals surface area contributed by atoms with Gasteiger partial charge in [-0.2, -0.15) is 0 Å². The van der Waals surface area contributed by atoms with Gasteiger partial charge in [-0.25, -0.2) is 0 Å². The molecule has 3 rings (SSSR count). The van der Waals surface area contributed by atoms with Crippen LogP contribution in [0.2, 0.25) is 0 Å². The average Bonchev–Trinajstić information content (AvgIpc) is 3.01. The molecule has 0 saturated heterocycles. The number of H-pyrrole nitrogens is 2. The van der Waals surface area contributed by atoms with E-state index in [1.54, 1.807) is 0 Å².